The first kappa shape index (κ1) is 23.6. The number of alkyl halides is 3. The maximum atomic E-state index is 13.0. The molecular weight excluding hydrogens is 379 g/mol. The summed E-state index contributed by atoms with van der Waals surface area (Å²) in [6.45, 7) is 2.99. The summed E-state index contributed by atoms with van der Waals surface area (Å²) in [6, 6.07) is 0. The number of carbonyl (C=O) groups is 2. The molecule has 2 unspecified atom stereocenters. The molecule has 1 aliphatic carbocycles. The highest BCUT2D eigenvalue weighted by atomic mass is 19.4. The fraction of sp³-hybridized carbons (Fsp3) is 0.579. The van der Waals surface area contributed by atoms with E-state index in [0.717, 1.165) is 0 Å². The molecule has 0 saturated heterocycles. The minimum Gasteiger partial charge on any atom is -0.497 e. The van der Waals surface area contributed by atoms with E-state index in [1.54, 1.807) is 39.0 Å². The van der Waals surface area contributed by atoms with Gasteiger partial charge in [0.15, 0.2) is 0 Å². The van der Waals surface area contributed by atoms with E-state index >= 15 is 0 Å². The van der Waals surface area contributed by atoms with Crippen molar-refractivity contribution in [2.75, 3.05) is 27.3 Å². The monoisotopic (exact) mass is 405 g/mol. The highest BCUT2D eigenvalue weighted by Crippen LogP contribution is 2.28. The number of halogens is 3. The van der Waals surface area contributed by atoms with Crippen molar-refractivity contribution in [3.63, 3.8) is 0 Å². The lowest BCUT2D eigenvalue weighted by molar-refractivity contribution is -0.145. The van der Waals surface area contributed by atoms with Crippen molar-refractivity contribution in [1.82, 2.24) is 4.90 Å². The number of nitrogens with zero attached hydrogens (tertiary/aromatic N) is 1. The van der Waals surface area contributed by atoms with E-state index in [1.807, 2.05) is 0 Å². The van der Waals surface area contributed by atoms with Crippen molar-refractivity contribution >= 4 is 12.1 Å². The number of methoxy groups -OCH3 is 2. The Kier molecular flexibility index (Phi) is 8.14. The molecule has 0 aromatic heterocycles. The third kappa shape index (κ3) is 8.49. The molecule has 6 nitrogen and oxygen atoms in total. The van der Waals surface area contributed by atoms with Crippen LogP contribution in [0.2, 0.25) is 0 Å². The van der Waals surface area contributed by atoms with Gasteiger partial charge in [-0.2, -0.15) is 13.2 Å². The number of amides is 1. The first-order valence-corrected chi connectivity index (χ1v) is 8.59. The summed E-state index contributed by atoms with van der Waals surface area (Å²) in [5.74, 6) is -1.14. The molecule has 0 N–H and O–H groups in total. The second kappa shape index (κ2) is 9.66. The van der Waals surface area contributed by atoms with E-state index in [-0.39, 0.29) is 6.54 Å². The van der Waals surface area contributed by atoms with Gasteiger partial charge >= 0.3 is 18.2 Å². The van der Waals surface area contributed by atoms with Crippen molar-refractivity contribution in [2.45, 2.75) is 32.5 Å². The molecule has 9 heteroatoms. The van der Waals surface area contributed by atoms with Gasteiger partial charge in [0.25, 0.3) is 0 Å². The topological polar surface area (TPSA) is 65.1 Å². The lowest BCUT2D eigenvalue weighted by Crippen LogP contribution is -2.45. The molecule has 0 radical (unpaired) electrons. The summed E-state index contributed by atoms with van der Waals surface area (Å²) in [5.41, 5.74) is -0.939. The van der Waals surface area contributed by atoms with Crippen LogP contribution in [0.25, 0.3) is 0 Å². The Hall–Kier alpha value is -2.45. The maximum Gasteiger partial charge on any atom is 0.410 e. The van der Waals surface area contributed by atoms with Gasteiger partial charge in [-0.25, -0.2) is 9.59 Å². The second-order valence-electron chi connectivity index (χ2n) is 7.23. The van der Waals surface area contributed by atoms with Gasteiger partial charge in [-0.1, -0.05) is 12.2 Å². The number of ether oxygens (including phenoxy) is 3. The number of carbonyl (C=O) groups excluding carboxylic acids is 2. The molecule has 0 heterocycles. The molecule has 2 atom stereocenters. The van der Waals surface area contributed by atoms with Crippen molar-refractivity contribution in [1.29, 1.82) is 0 Å². The van der Waals surface area contributed by atoms with Crippen molar-refractivity contribution in [3.8, 4) is 0 Å². The summed E-state index contributed by atoms with van der Waals surface area (Å²) in [6.07, 6.45) is 1.98. The van der Waals surface area contributed by atoms with E-state index in [9.17, 15) is 22.8 Å². The van der Waals surface area contributed by atoms with Gasteiger partial charge in [0.1, 0.15) is 17.9 Å². The fourth-order valence-electron chi connectivity index (χ4n) is 2.50. The number of hydrogen-bond donors (Lipinski definition) is 0. The summed E-state index contributed by atoms with van der Waals surface area (Å²) < 4.78 is 53.8. The van der Waals surface area contributed by atoms with E-state index in [0.29, 0.717) is 10.7 Å². The van der Waals surface area contributed by atoms with Crippen LogP contribution in [-0.2, 0) is 19.0 Å². The molecule has 0 aromatic carbocycles. The second-order valence-corrected chi connectivity index (χ2v) is 7.23. The Labute approximate surface area is 162 Å². The van der Waals surface area contributed by atoms with Crippen LogP contribution in [0.3, 0.4) is 0 Å². The van der Waals surface area contributed by atoms with Crippen molar-refractivity contribution < 1.29 is 37.0 Å². The largest absolute Gasteiger partial charge is 0.497 e. The van der Waals surface area contributed by atoms with Crippen LogP contribution < -0.4 is 0 Å². The average Bonchev–Trinajstić information content (AvgIpc) is 2.56. The highest BCUT2D eigenvalue weighted by molar-refractivity contribution is 5.81. The molecule has 1 aliphatic rings. The summed E-state index contributed by atoms with van der Waals surface area (Å²) in [7, 11) is 2.65. The molecule has 0 bridgehead atoms. The quantitative estimate of drug-likeness (QED) is 0.496. The molecule has 0 spiro atoms. The Morgan fingerprint density at radius 1 is 1.21 bits per heavy atom. The molecule has 1 rings (SSSR count). The smallest absolute Gasteiger partial charge is 0.410 e. The van der Waals surface area contributed by atoms with Crippen LogP contribution in [0.5, 0.6) is 0 Å². The zero-order chi connectivity index (χ0) is 21.5. The van der Waals surface area contributed by atoms with Crippen LogP contribution in [0.4, 0.5) is 18.0 Å². The van der Waals surface area contributed by atoms with Crippen LogP contribution in [-0.4, -0.2) is 56.0 Å². The molecule has 0 saturated carbocycles. The zero-order valence-electron chi connectivity index (χ0n) is 16.6. The standard InChI is InChI=1S/C19H26F3NO5/c1-18(2,3)28-17(25)23(12-19(20,21)22)11-14-10-15(26-4)8-6-13(14)7-9-16(24)27-5/h6-10,13-14H,11-12H2,1-5H3. The third-order valence-corrected chi connectivity index (χ3v) is 3.70. The lowest BCUT2D eigenvalue weighted by atomic mass is 9.87. The van der Waals surface area contributed by atoms with Crippen LogP contribution in [0, 0.1) is 11.8 Å². The van der Waals surface area contributed by atoms with Crippen LogP contribution in [0.1, 0.15) is 20.8 Å². The molecule has 0 aromatic rings. The fourth-order valence-corrected chi connectivity index (χ4v) is 2.50. The first-order valence-electron chi connectivity index (χ1n) is 8.59. The predicted molar refractivity (Wildman–Crippen MR) is 96.2 cm³/mol. The number of hydrogen-bond acceptors (Lipinski definition) is 5. The Morgan fingerprint density at radius 3 is 2.36 bits per heavy atom. The van der Waals surface area contributed by atoms with E-state index in [2.05, 4.69) is 4.74 Å². The van der Waals surface area contributed by atoms with Crippen LogP contribution in [0.15, 0.2) is 36.1 Å². The van der Waals surface area contributed by atoms with Gasteiger partial charge in [-0.05, 0) is 32.9 Å². The first-order chi connectivity index (χ1) is 12.8. The molecule has 158 valence electrons. The van der Waals surface area contributed by atoms with Gasteiger partial charge in [0.05, 0.1) is 14.2 Å². The van der Waals surface area contributed by atoms with Gasteiger partial charge in [0, 0.05) is 24.5 Å². The van der Waals surface area contributed by atoms with E-state index in [4.69, 9.17) is 9.47 Å². The Bertz CT molecular complexity index is 647. The maximum absolute atomic E-state index is 13.0. The summed E-state index contributed by atoms with van der Waals surface area (Å²) in [4.78, 5) is 24.3. The molecule has 0 fully saturated rings. The highest BCUT2D eigenvalue weighted by Gasteiger charge is 2.37. The normalized spacial score (nSPS) is 19.9. The van der Waals surface area contributed by atoms with Crippen LogP contribution >= 0.6 is 0 Å². The summed E-state index contributed by atoms with van der Waals surface area (Å²) in [5, 5.41) is 0. The predicted octanol–water partition coefficient (Wildman–Crippen LogP) is 3.85. The SMILES string of the molecule is COC(=O)C=CC1C=CC(OC)=CC1CN(CC(F)(F)F)C(=O)OC(C)(C)C. The lowest BCUT2D eigenvalue weighted by Gasteiger charge is -2.32. The molecule has 28 heavy (non-hydrogen) atoms. The molecule has 0 aliphatic heterocycles. The van der Waals surface area contributed by atoms with Gasteiger partial charge < -0.3 is 14.2 Å². The third-order valence-electron chi connectivity index (χ3n) is 3.70. The van der Waals surface area contributed by atoms with Gasteiger partial charge in [-0.3, -0.25) is 4.90 Å². The van der Waals surface area contributed by atoms with Crippen molar-refractivity contribution in [2.24, 2.45) is 11.8 Å². The van der Waals surface area contributed by atoms with E-state index in [1.165, 1.54) is 26.4 Å². The Balaban J connectivity index is 3.09. The van der Waals surface area contributed by atoms with Gasteiger partial charge in [-0.15, -0.1) is 0 Å². The molecule has 1 amide bonds. The van der Waals surface area contributed by atoms with Crippen molar-refractivity contribution in [3.05, 3.63) is 36.1 Å². The Morgan fingerprint density at radius 2 is 1.86 bits per heavy atom. The molecular formula is C19H26F3NO5. The summed E-state index contributed by atoms with van der Waals surface area (Å²) >= 11 is 0. The number of esters is 1. The average molecular weight is 405 g/mol. The zero-order valence-corrected chi connectivity index (χ0v) is 16.6. The number of rotatable bonds is 6. The number of allylic oxidation sites excluding steroid dienone is 3. The minimum absolute atomic E-state index is 0.276. The van der Waals surface area contributed by atoms with Gasteiger partial charge in [0.2, 0.25) is 0 Å². The van der Waals surface area contributed by atoms with E-state index < -0.39 is 42.2 Å². The minimum atomic E-state index is -4.59.